The second-order valence-corrected chi connectivity index (χ2v) is 7.93. The third-order valence-corrected chi connectivity index (χ3v) is 6.07. The van der Waals surface area contributed by atoms with Gasteiger partial charge in [-0.05, 0) is 55.9 Å². The van der Waals surface area contributed by atoms with E-state index in [-0.39, 0.29) is 0 Å². The Morgan fingerprint density at radius 1 is 1.17 bits per heavy atom. The Morgan fingerprint density at radius 3 is 2.79 bits per heavy atom. The number of fused-ring (bicyclic) bond motifs is 3. The molecule has 1 aliphatic carbocycles. The molecule has 4 rings (SSSR count). The van der Waals surface area contributed by atoms with E-state index in [2.05, 4.69) is 36.4 Å². The first-order chi connectivity index (χ1) is 11.7. The number of thiophene rings is 1. The maximum atomic E-state index is 4.54. The van der Waals surface area contributed by atoms with Crippen LogP contribution in [0.1, 0.15) is 35.8 Å². The van der Waals surface area contributed by atoms with E-state index < -0.39 is 0 Å². The molecule has 0 bridgehead atoms. The van der Waals surface area contributed by atoms with E-state index >= 15 is 0 Å². The van der Waals surface area contributed by atoms with Crippen molar-refractivity contribution in [2.75, 3.05) is 5.43 Å². The van der Waals surface area contributed by atoms with Crippen LogP contribution in [0.3, 0.4) is 0 Å². The van der Waals surface area contributed by atoms with Crippen LogP contribution in [-0.2, 0) is 12.8 Å². The van der Waals surface area contributed by atoms with Gasteiger partial charge in [-0.3, -0.25) is 5.43 Å². The van der Waals surface area contributed by atoms with Crippen molar-refractivity contribution in [2.24, 2.45) is 5.10 Å². The number of rotatable bonds is 3. The lowest BCUT2D eigenvalue weighted by Crippen LogP contribution is -2.03. The maximum Gasteiger partial charge on any atom is 0.158 e. The molecular formula is C18H17BrN4S. The molecule has 0 aliphatic heterocycles. The van der Waals surface area contributed by atoms with Gasteiger partial charge in [0.25, 0.3) is 0 Å². The van der Waals surface area contributed by atoms with Gasteiger partial charge in [-0.2, -0.15) is 5.10 Å². The van der Waals surface area contributed by atoms with Gasteiger partial charge in [0.1, 0.15) is 11.2 Å². The molecule has 122 valence electrons. The number of hydrogen-bond acceptors (Lipinski definition) is 5. The normalized spacial score (nSPS) is 14.7. The van der Waals surface area contributed by atoms with Gasteiger partial charge < -0.3 is 0 Å². The van der Waals surface area contributed by atoms with E-state index in [1.807, 2.05) is 31.2 Å². The minimum absolute atomic E-state index is 0.816. The molecule has 2 heterocycles. The number of nitrogens with zero attached hydrogens (tertiary/aromatic N) is 3. The molecule has 24 heavy (non-hydrogen) atoms. The second-order valence-electron chi connectivity index (χ2n) is 5.93. The zero-order chi connectivity index (χ0) is 16.5. The van der Waals surface area contributed by atoms with Crippen LogP contribution in [0.25, 0.3) is 10.2 Å². The highest BCUT2D eigenvalue weighted by atomic mass is 79.9. The number of nitrogens with one attached hydrogen (secondary N) is 1. The molecule has 0 atom stereocenters. The van der Waals surface area contributed by atoms with Gasteiger partial charge in [0.15, 0.2) is 5.82 Å². The van der Waals surface area contributed by atoms with Crippen molar-refractivity contribution < 1.29 is 0 Å². The van der Waals surface area contributed by atoms with Crippen LogP contribution in [0.5, 0.6) is 0 Å². The molecule has 0 fully saturated rings. The number of hydrogen-bond donors (Lipinski definition) is 1. The van der Waals surface area contributed by atoms with Crippen molar-refractivity contribution in [1.29, 1.82) is 0 Å². The van der Waals surface area contributed by atoms with Gasteiger partial charge in [0.05, 0.1) is 11.1 Å². The zero-order valence-corrected chi connectivity index (χ0v) is 15.7. The minimum Gasteiger partial charge on any atom is -0.260 e. The van der Waals surface area contributed by atoms with Crippen molar-refractivity contribution >= 4 is 49.0 Å². The number of benzene rings is 1. The molecule has 3 aromatic rings. The van der Waals surface area contributed by atoms with Crippen LogP contribution in [0, 0.1) is 0 Å². The van der Waals surface area contributed by atoms with Crippen molar-refractivity contribution in [1.82, 2.24) is 9.97 Å². The van der Waals surface area contributed by atoms with Crippen LogP contribution in [0.4, 0.5) is 5.82 Å². The lowest BCUT2D eigenvalue weighted by atomic mass is 9.97. The van der Waals surface area contributed by atoms with Crippen LogP contribution >= 0.6 is 27.3 Å². The summed E-state index contributed by atoms with van der Waals surface area (Å²) in [5.74, 6) is 0.816. The van der Waals surface area contributed by atoms with Crippen molar-refractivity contribution in [3.63, 3.8) is 0 Å². The Bertz CT molecular complexity index is 915. The highest BCUT2D eigenvalue weighted by Crippen LogP contribution is 2.38. The van der Waals surface area contributed by atoms with Gasteiger partial charge >= 0.3 is 0 Å². The average Bonchev–Trinajstić information content (AvgIpc) is 2.99. The zero-order valence-electron chi connectivity index (χ0n) is 13.3. The lowest BCUT2D eigenvalue weighted by molar-refractivity contribution is 0.700. The molecule has 2 aromatic heterocycles. The molecule has 0 saturated carbocycles. The lowest BCUT2D eigenvalue weighted by Gasteiger charge is -2.11. The van der Waals surface area contributed by atoms with E-state index in [1.54, 1.807) is 17.7 Å². The summed E-state index contributed by atoms with van der Waals surface area (Å²) >= 11 is 5.26. The van der Waals surface area contributed by atoms with Crippen LogP contribution < -0.4 is 5.43 Å². The molecule has 0 saturated heterocycles. The van der Waals surface area contributed by atoms with Gasteiger partial charge in [-0.25, -0.2) is 9.97 Å². The smallest absolute Gasteiger partial charge is 0.158 e. The topological polar surface area (TPSA) is 50.2 Å². The van der Waals surface area contributed by atoms with E-state index in [1.165, 1.54) is 23.3 Å². The van der Waals surface area contributed by atoms with Gasteiger partial charge in [-0.1, -0.05) is 28.1 Å². The summed E-state index contributed by atoms with van der Waals surface area (Å²) in [6.45, 7) is 2.00. The Kier molecular flexibility index (Phi) is 4.33. The van der Waals surface area contributed by atoms with Crippen LogP contribution in [0.2, 0.25) is 0 Å². The maximum absolute atomic E-state index is 4.54. The largest absolute Gasteiger partial charge is 0.260 e. The highest BCUT2D eigenvalue weighted by molar-refractivity contribution is 9.10. The SMILES string of the molecule is C/C(=N\Nc1ncnc2sc3c(c12)CCCC3)c1ccc(Br)cc1. The highest BCUT2D eigenvalue weighted by Gasteiger charge is 2.19. The summed E-state index contributed by atoms with van der Waals surface area (Å²) in [6.07, 6.45) is 6.42. The summed E-state index contributed by atoms with van der Waals surface area (Å²) in [5.41, 5.74) is 6.60. The number of anilines is 1. The number of halogens is 1. The molecule has 6 heteroatoms. The van der Waals surface area contributed by atoms with Gasteiger partial charge in [0.2, 0.25) is 0 Å². The number of hydrazone groups is 1. The first-order valence-corrected chi connectivity index (χ1v) is 9.65. The Labute approximate surface area is 153 Å². The van der Waals surface area contributed by atoms with Crippen LogP contribution in [-0.4, -0.2) is 15.7 Å². The fourth-order valence-corrected chi connectivity index (χ4v) is 4.56. The predicted molar refractivity (Wildman–Crippen MR) is 104 cm³/mol. The third-order valence-electron chi connectivity index (χ3n) is 4.34. The van der Waals surface area contributed by atoms with Crippen molar-refractivity contribution in [3.05, 3.63) is 51.1 Å². The fraction of sp³-hybridized carbons (Fsp3) is 0.278. The number of aromatic nitrogens is 2. The summed E-state index contributed by atoms with van der Waals surface area (Å²) in [6, 6.07) is 8.14. The fourth-order valence-electron chi connectivity index (χ4n) is 3.07. The van der Waals surface area contributed by atoms with Crippen molar-refractivity contribution in [2.45, 2.75) is 32.6 Å². The van der Waals surface area contributed by atoms with Crippen LogP contribution in [0.15, 0.2) is 40.2 Å². The Balaban J connectivity index is 1.68. The predicted octanol–water partition coefficient (Wildman–Crippen LogP) is 5.17. The molecule has 1 aromatic carbocycles. The molecule has 0 spiro atoms. The van der Waals surface area contributed by atoms with E-state index in [9.17, 15) is 0 Å². The molecular weight excluding hydrogens is 384 g/mol. The summed E-state index contributed by atoms with van der Waals surface area (Å²) in [5, 5.41) is 5.70. The second kappa shape index (κ2) is 6.61. The number of aryl methyl sites for hydroxylation is 2. The first-order valence-electron chi connectivity index (χ1n) is 8.04. The van der Waals surface area contributed by atoms with E-state index in [4.69, 9.17) is 0 Å². The van der Waals surface area contributed by atoms with Crippen molar-refractivity contribution in [3.8, 4) is 0 Å². The summed E-state index contributed by atoms with van der Waals surface area (Å²) < 4.78 is 1.06. The minimum atomic E-state index is 0.816. The Hall–Kier alpha value is -1.79. The first kappa shape index (κ1) is 15.7. The third kappa shape index (κ3) is 2.96. The molecule has 1 aliphatic rings. The molecule has 0 amide bonds. The molecule has 0 radical (unpaired) electrons. The quantitative estimate of drug-likeness (QED) is 0.487. The Morgan fingerprint density at radius 2 is 1.96 bits per heavy atom. The summed E-state index contributed by atoms with van der Waals surface area (Å²) in [7, 11) is 0. The summed E-state index contributed by atoms with van der Waals surface area (Å²) in [4.78, 5) is 11.4. The van der Waals surface area contributed by atoms with Gasteiger partial charge in [0, 0.05) is 9.35 Å². The average molecular weight is 401 g/mol. The standard InChI is InChI=1S/C18H17BrN4S/c1-11(12-6-8-13(19)9-7-12)22-23-17-16-14-4-2-3-5-15(14)24-18(16)21-10-20-17/h6-10H,2-5H2,1H3,(H,20,21,23)/b22-11+. The van der Waals surface area contributed by atoms with Gasteiger partial charge in [-0.15, -0.1) is 11.3 Å². The van der Waals surface area contributed by atoms with E-state index in [0.717, 1.165) is 44.6 Å². The molecule has 0 unspecified atom stereocenters. The molecule has 1 N–H and O–H groups in total. The molecule has 4 nitrogen and oxygen atoms in total. The van der Waals surface area contributed by atoms with E-state index in [0.29, 0.717) is 0 Å². The monoisotopic (exact) mass is 400 g/mol.